The lowest BCUT2D eigenvalue weighted by atomic mass is 9.86. The Morgan fingerprint density at radius 2 is 1.95 bits per heavy atom. The van der Waals surface area contributed by atoms with Gasteiger partial charge in [-0.05, 0) is 43.0 Å². The molecule has 0 spiro atoms. The first-order chi connectivity index (χ1) is 9.12. The van der Waals surface area contributed by atoms with E-state index in [1.54, 1.807) is 6.08 Å². The van der Waals surface area contributed by atoms with Crippen LogP contribution in [0.1, 0.15) is 38.8 Å². The zero-order valence-corrected chi connectivity index (χ0v) is 13.3. The fourth-order valence-electron chi connectivity index (χ4n) is 2.08. The summed E-state index contributed by atoms with van der Waals surface area (Å²) >= 11 is 0. The average Bonchev–Trinajstić information content (AvgIpc) is 2.33. The molecule has 20 heavy (non-hydrogen) atoms. The minimum absolute atomic E-state index is 0.146. The van der Waals surface area contributed by atoms with Gasteiger partial charge in [-0.15, -0.1) is 0 Å². The highest BCUT2D eigenvalue weighted by molar-refractivity contribution is 5.87. The third kappa shape index (κ3) is 4.12. The van der Waals surface area contributed by atoms with Crippen molar-refractivity contribution in [3.63, 3.8) is 0 Å². The first-order valence-corrected chi connectivity index (χ1v) is 6.87. The number of carboxylic acids is 1. The molecule has 0 amide bonds. The normalized spacial score (nSPS) is 13.5. The Kier molecular flexibility index (Phi) is 4.98. The number of carboxylic acid groups (broad SMARTS) is 1. The summed E-state index contributed by atoms with van der Waals surface area (Å²) in [5.41, 5.74) is 3.25. The summed E-state index contributed by atoms with van der Waals surface area (Å²) in [5.74, 6) is -0.927. The smallest absolute Gasteiger partial charge is 0.328 e. The van der Waals surface area contributed by atoms with Gasteiger partial charge in [0.15, 0.2) is 0 Å². The molecule has 0 aliphatic rings. The molecule has 1 aromatic rings. The van der Waals surface area contributed by atoms with Gasteiger partial charge >= 0.3 is 5.97 Å². The average molecular weight is 275 g/mol. The highest BCUT2D eigenvalue weighted by Gasteiger charge is 2.25. The quantitative estimate of drug-likeness (QED) is 0.845. The van der Waals surface area contributed by atoms with E-state index in [1.807, 2.05) is 13.0 Å². The van der Waals surface area contributed by atoms with E-state index in [1.165, 1.54) is 6.08 Å². The molecule has 3 heteroatoms. The SMILES string of the molecule is Cc1ccc(N(C)C(C)C(C)(C)C)c(/C=C/C(=O)O)c1. The van der Waals surface area contributed by atoms with Crippen molar-refractivity contribution < 1.29 is 9.90 Å². The maximum atomic E-state index is 10.7. The van der Waals surface area contributed by atoms with Gasteiger partial charge < -0.3 is 10.0 Å². The maximum absolute atomic E-state index is 10.7. The van der Waals surface area contributed by atoms with Crippen molar-refractivity contribution in [1.82, 2.24) is 0 Å². The minimum Gasteiger partial charge on any atom is -0.478 e. The summed E-state index contributed by atoms with van der Waals surface area (Å²) in [6.07, 6.45) is 2.85. The Morgan fingerprint density at radius 3 is 2.45 bits per heavy atom. The van der Waals surface area contributed by atoms with Gasteiger partial charge in [0.1, 0.15) is 0 Å². The van der Waals surface area contributed by atoms with E-state index in [2.05, 4.69) is 51.8 Å². The van der Waals surface area contributed by atoms with Gasteiger partial charge in [0.2, 0.25) is 0 Å². The van der Waals surface area contributed by atoms with Crippen LogP contribution in [0.3, 0.4) is 0 Å². The van der Waals surface area contributed by atoms with Gasteiger partial charge in [-0.3, -0.25) is 0 Å². The van der Waals surface area contributed by atoms with Crippen molar-refractivity contribution in [2.45, 2.75) is 40.7 Å². The summed E-state index contributed by atoms with van der Waals surface area (Å²) in [6.45, 7) is 10.8. The lowest BCUT2D eigenvalue weighted by Gasteiger charge is -2.37. The Labute approximate surface area is 121 Å². The number of hydrogen-bond donors (Lipinski definition) is 1. The molecule has 0 saturated heterocycles. The van der Waals surface area contributed by atoms with Gasteiger partial charge in [-0.25, -0.2) is 4.79 Å². The second kappa shape index (κ2) is 6.12. The second-order valence-corrected chi connectivity index (χ2v) is 6.39. The number of nitrogens with zero attached hydrogens (tertiary/aromatic N) is 1. The third-order valence-electron chi connectivity index (χ3n) is 3.80. The van der Waals surface area contributed by atoms with Crippen molar-refractivity contribution in [1.29, 1.82) is 0 Å². The molecule has 3 nitrogen and oxygen atoms in total. The predicted molar refractivity (Wildman–Crippen MR) is 85.2 cm³/mol. The highest BCUT2D eigenvalue weighted by atomic mass is 16.4. The zero-order valence-electron chi connectivity index (χ0n) is 13.3. The van der Waals surface area contributed by atoms with Crippen molar-refractivity contribution in [2.24, 2.45) is 5.41 Å². The van der Waals surface area contributed by atoms with Crippen LogP contribution in [0.4, 0.5) is 5.69 Å². The zero-order chi connectivity index (χ0) is 15.5. The number of rotatable bonds is 4. The summed E-state index contributed by atoms with van der Waals surface area (Å²) < 4.78 is 0. The van der Waals surface area contributed by atoms with Crippen molar-refractivity contribution in [3.8, 4) is 0 Å². The summed E-state index contributed by atoms with van der Waals surface area (Å²) in [4.78, 5) is 12.9. The third-order valence-corrected chi connectivity index (χ3v) is 3.80. The molecule has 0 aromatic heterocycles. The molecule has 1 aromatic carbocycles. The van der Waals surface area contributed by atoms with Crippen molar-refractivity contribution in [2.75, 3.05) is 11.9 Å². The number of aryl methyl sites for hydroxylation is 1. The highest BCUT2D eigenvalue weighted by Crippen LogP contribution is 2.30. The van der Waals surface area contributed by atoms with Crippen LogP contribution >= 0.6 is 0 Å². The molecule has 0 aliphatic heterocycles. The molecule has 1 atom stereocenters. The van der Waals surface area contributed by atoms with Crippen LogP contribution in [0.5, 0.6) is 0 Å². The first-order valence-electron chi connectivity index (χ1n) is 6.87. The lowest BCUT2D eigenvalue weighted by Crippen LogP contribution is -2.39. The van der Waals surface area contributed by atoms with Gasteiger partial charge in [-0.2, -0.15) is 0 Å². The number of anilines is 1. The first kappa shape index (κ1) is 16.3. The minimum atomic E-state index is -0.927. The van der Waals surface area contributed by atoms with Crippen LogP contribution in [-0.4, -0.2) is 24.2 Å². The van der Waals surface area contributed by atoms with E-state index in [0.717, 1.165) is 16.8 Å². The van der Waals surface area contributed by atoms with Gasteiger partial charge in [-0.1, -0.05) is 32.4 Å². The number of carbonyl (C=O) groups is 1. The summed E-state index contributed by atoms with van der Waals surface area (Å²) in [7, 11) is 2.05. The van der Waals surface area contributed by atoms with Crippen molar-refractivity contribution >= 4 is 17.7 Å². The van der Waals surface area contributed by atoms with Crippen LogP contribution in [-0.2, 0) is 4.79 Å². The van der Waals surface area contributed by atoms with Gasteiger partial charge in [0, 0.05) is 24.9 Å². The summed E-state index contributed by atoms with van der Waals surface area (Å²) in [5, 5.41) is 8.81. The van der Waals surface area contributed by atoms with E-state index < -0.39 is 5.97 Å². The van der Waals surface area contributed by atoms with E-state index in [4.69, 9.17) is 5.11 Å². The Balaban J connectivity index is 3.20. The molecule has 0 saturated carbocycles. The van der Waals surface area contributed by atoms with E-state index >= 15 is 0 Å². The summed E-state index contributed by atoms with van der Waals surface area (Å²) in [6, 6.07) is 6.46. The van der Waals surface area contributed by atoms with Crippen LogP contribution < -0.4 is 4.90 Å². The Hall–Kier alpha value is -1.77. The molecule has 110 valence electrons. The Bertz CT molecular complexity index is 512. The molecule has 1 N–H and O–H groups in total. The standard InChI is InChI=1S/C17H25NO2/c1-12-7-9-15(14(11-12)8-10-16(19)20)18(6)13(2)17(3,4)5/h7-11,13H,1-6H3,(H,19,20)/b10-8+. The molecular weight excluding hydrogens is 250 g/mol. The molecular formula is C17H25NO2. The number of aliphatic carboxylic acids is 1. The number of benzene rings is 1. The lowest BCUT2D eigenvalue weighted by molar-refractivity contribution is -0.131. The molecule has 0 heterocycles. The monoisotopic (exact) mass is 275 g/mol. The van der Waals surface area contributed by atoms with Crippen molar-refractivity contribution in [3.05, 3.63) is 35.4 Å². The predicted octanol–water partition coefficient (Wildman–Crippen LogP) is 3.96. The maximum Gasteiger partial charge on any atom is 0.328 e. The fraction of sp³-hybridized carbons (Fsp3) is 0.471. The van der Waals surface area contributed by atoms with Gasteiger partial charge in [0.05, 0.1) is 0 Å². The molecule has 0 radical (unpaired) electrons. The van der Waals surface area contributed by atoms with E-state index in [9.17, 15) is 4.79 Å². The second-order valence-electron chi connectivity index (χ2n) is 6.39. The fourth-order valence-corrected chi connectivity index (χ4v) is 2.08. The van der Waals surface area contributed by atoms with Crippen LogP contribution in [0.15, 0.2) is 24.3 Å². The van der Waals surface area contributed by atoms with E-state index in [-0.39, 0.29) is 5.41 Å². The largest absolute Gasteiger partial charge is 0.478 e. The molecule has 0 aliphatic carbocycles. The molecule has 0 bridgehead atoms. The van der Waals surface area contributed by atoms with Crippen LogP contribution in [0.25, 0.3) is 6.08 Å². The number of hydrogen-bond acceptors (Lipinski definition) is 2. The molecule has 0 fully saturated rings. The molecule has 1 unspecified atom stereocenters. The topological polar surface area (TPSA) is 40.5 Å². The molecule has 1 rings (SSSR count). The van der Waals surface area contributed by atoms with Crippen LogP contribution in [0.2, 0.25) is 0 Å². The van der Waals surface area contributed by atoms with E-state index in [0.29, 0.717) is 6.04 Å². The van der Waals surface area contributed by atoms with Crippen LogP contribution in [0, 0.1) is 12.3 Å². The Morgan fingerprint density at radius 1 is 1.35 bits per heavy atom. The van der Waals surface area contributed by atoms with Gasteiger partial charge in [0.25, 0.3) is 0 Å².